The summed E-state index contributed by atoms with van der Waals surface area (Å²) in [6, 6.07) is 8.61. The zero-order chi connectivity index (χ0) is 14.7. The van der Waals surface area contributed by atoms with Gasteiger partial charge in [0.1, 0.15) is 5.69 Å². The summed E-state index contributed by atoms with van der Waals surface area (Å²) in [5.74, 6) is 0.0611. The number of hydrogen-bond acceptors (Lipinski definition) is 3. The van der Waals surface area contributed by atoms with Gasteiger partial charge in [0.15, 0.2) is 5.75 Å². The summed E-state index contributed by atoms with van der Waals surface area (Å²) >= 11 is 15.0. The smallest absolute Gasteiger partial charge is 0.157 e. The molecule has 0 heterocycles. The van der Waals surface area contributed by atoms with Crippen molar-refractivity contribution in [1.29, 1.82) is 0 Å². The number of nitrogens with zero attached hydrogens (tertiary/aromatic N) is 2. The van der Waals surface area contributed by atoms with E-state index in [0.717, 1.165) is 12.0 Å². The Morgan fingerprint density at radius 1 is 1.10 bits per heavy atom. The summed E-state index contributed by atoms with van der Waals surface area (Å²) in [5, 5.41) is 18.9. The van der Waals surface area contributed by atoms with E-state index in [-0.39, 0.29) is 5.75 Å². The maximum absolute atomic E-state index is 9.95. The first-order valence-electron chi connectivity index (χ1n) is 5.89. The third-order valence-electron chi connectivity index (χ3n) is 2.69. The van der Waals surface area contributed by atoms with Gasteiger partial charge in [0.05, 0.1) is 20.2 Å². The van der Waals surface area contributed by atoms with E-state index < -0.39 is 0 Å². The fourth-order valence-corrected chi connectivity index (χ4v) is 2.37. The van der Waals surface area contributed by atoms with Crippen molar-refractivity contribution in [3.8, 4) is 5.75 Å². The molecule has 0 unspecified atom stereocenters. The predicted octanol–water partition coefficient (Wildman–Crippen LogP) is 6.44. The van der Waals surface area contributed by atoms with Crippen molar-refractivity contribution in [3.63, 3.8) is 0 Å². The molecule has 0 fully saturated rings. The molecule has 104 valence electrons. The van der Waals surface area contributed by atoms with Gasteiger partial charge in [0.25, 0.3) is 0 Å². The number of azo groups is 1. The van der Waals surface area contributed by atoms with Gasteiger partial charge in [-0.25, -0.2) is 0 Å². The van der Waals surface area contributed by atoms with E-state index in [0.29, 0.717) is 25.9 Å². The maximum atomic E-state index is 9.95. The maximum Gasteiger partial charge on any atom is 0.157 e. The van der Waals surface area contributed by atoms with Crippen LogP contribution in [0.5, 0.6) is 5.75 Å². The molecule has 2 rings (SSSR count). The molecule has 0 aliphatic rings. The van der Waals surface area contributed by atoms with Gasteiger partial charge in [0, 0.05) is 0 Å². The van der Waals surface area contributed by atoms with Crippen LogP contribution >= 0.6 is 39.1 Å². The molecule has 0 aliphatic carbocycles. The van der Waals surface area contributed by atoms with Crippen LogP contribution in [0.25, 0.3) is 0 Å². The van der Waals surface area contributed by atoms with Gasteiger partial charge in [-0.2, -0.15) is 5.11 Å². The number of phenolic OH excluding ortho intramolecular Hbond substituents is 1. The van der Waals surface area contributed by atoms with Crippen molar-refractivity contribution < 1.29 is 5.11 Å². The third-order valence-corrected chi connectivity index (χ3v) is 4.03. The summed E-state index contributed by atoms with van der Waals surface area (Å²) in [7, 11) is 0. The van der Waals surface area contributed by atoms with E-state index in [4.69, 9.17) is 23.2 Å². The molecule has 0 saturated carbocycles. The molecule has 0 aromatic heterocycles. The van der Waals surface area contributed by atoms with Crippen LogP contribution in [-0.2, 0) is 6.42 Å². The van der Waals surface area contributed by atoms with Crippen LogP contribution in [0.1, 0.15) is 12.5 Å². The van der Waals surface area contributed by atoms with E-state index in [2.05, 4.69) is 26.2 Å². The molecular weight excluding hydrogens is 363 g/mol. The Kier molecular flexibility index (Phi) is 5.02. The predicted molar refractivity (Wildman–Crippen MR) is 85.8 cm³/mol. The molecule has 2 aromatic carbocycles. The number of phenols is 1. The van der Waals surface area contributed by atoms with Crippen molar-refractivity contribution in [3.05, 3.63) is 50.4 Å². The summed E-state index contributed by atoms with van der Waals surface area (Å²) in [4.78, 5) is 0. The fourth-order valence-electron chi connectivity index (χ4n) is 1.58. The second-order valence-electron chi connectivity index (χ2n) is 4.10. The number of aromatic hydroxyl groups is 1. The minimum absolute atomic E-state index is 0.0611. The van der Waals surface area contributed by atoms with Crippen LogP contribution in [0.4, 0.5) is 11.4 Å². The van der Waals surface area contributed by atoms with E-state index in [1.807, 2.05) is 13.0 Å². The van der Waals surface area contributed by atoms with Gasteiger partial charge in [0.2, 0.25) is 0 Å². The van der Waals surface area contributed by atoms with Crippen LogP contribution < -0.4 is 0 Å². The molecule has 6 heteroatoms. The van der Waals surface area contributed by atoms with Crippen LogP contribution in [0, 0.1) is 0 Å². The second-order valence-corrected chi connectivity index (χ2v) is 5.77. The van der Waals surface area contributed by atoms with Gasteiger partial charge >= 0.3 is 0 Å². The van der Waals surface area contributed by atoms with E-state index in [9.17, 15) is 5.11 Å². The highest BCUT2D eigenvalue weighted by atomic mass is 79.9. The number of hydrogen-bond donors (Lipinski definition) is 1. The lowest BCUT2D eigenvalue weighted by molar-refractivity contribution is 0.473. The summed E-state index contributed by atoms with van der Waals surface area (Å²) in [6.45, 7) is 2.03. The Balaban J connectivity index is 2.35. The van der Waals surface area contributed by atoms with E-state index in [1.54, 1.807) is 24.3 Å². The summed E-state index contributed by atoms with van der Waals surface area (Å²) in [6.07, 6.45) is 0.841. The van der Waals surface area contributed by atoms with Crippen LogP contribution in [-0.4, -0.2) is 5.11 Å². The average molecular weight is 374 g/mol. The lowest BCUT2D eigenvalue weighted by atomic mass is 10.1. The Labute approximate surface area is 135 Å². The molecule has 0 radical (unpaired) electrons. The Morgan fingerprint density at radius 3 is 2.50 bits per heavy atom. The van der Waals surface area contributed by atoms with Crippen molar-refractivity contribution in [1.82, 2.24) is 0 Å². The summed E-state index contributed by atoms with van der Waals surface area (Å²) in [5.41, 5.74) is 2.02. The Bertz CT molecular complexity index is 674. The first-order valence-corrected chi connectivity index (χ1v) is 7.44. The Hall–Kier alpha value is -1.10. The molecule has 0 aliphatic heterocycles. The topological polar surface area (TPSA) is 45.0 Å². The average Bonchev–Trinajstić information content (AvgIpc) is 2.44. The lowest BCUT2D eigenvalue weighted by Crippen LogP contribution is -1.81. The first-order chi connectivity index (χ1) is 9.51. The monoisotopic (exact) mass is 372 g/mol. The molecule has 3 nitrogen and oxygen atoms in total. The highest BCUT2D eigenvalue weighted by molar-refractivity contribution is 9.10. The highest BCUT2D eigenvalue weighted by Crippen LogP contribution is 2.37. The molecule has 0 bridgehead atoms. The molecule has 0 spiro atoms. The van der Waals surface area contributed by atoms with Gasteiger partial charge in [-0.1, -0.05) is 30.1 Å². The fraction of sp³-hybridized carbons (Fsp3) is 0.143. The molecule has 20 heavy (non-hydrogen) atoms. The molecule has 0 amide bonds. The zero-order valence-electron chi connectivity index (χ0n) is 10.6. The minimum Gasteiger partial charge on any atom is -0.505 e. The van der Waals surface area contributed by atoms with E-state index >= 15 is 0 Å². The quantitative estimate of drug-likeness (QED) is 0.618. The number of aryl methyl sites for hydroxylation is 1. The molecule has 1 N–H and O–H groups in total. The van der Waals surface area contributed by atoms with Crippen molar-refractivity contribution in [2.45, 2.75) is 13.3 Å². The molecular formula is C14H11BrCl2N2O. The van der Waals surface area contributed by atoms with Crippen LogP contribution in [0.2, 0.25) is 10.0 Å². The highest BCUT2D eigenvalue weighted by Gasteiger charge is 2.07. The largest absolute Gasteiger partial charge is 0.505 e. The molecule has 0 atom stereocenters. The number of rotatable bonds is 3. The van der Waals surface area contributed by atoms with Crippen LogP contribution in [0.15, 0.2) is 45.0 Å². The number of halogens is 3. The standard InChI is InChI=1S/C14H11BrCl2N2O/c1-2-8-5-10(15)14(20)13(6-8)19-18-9-3-4-11(16)12(17)7-9/h3-7,20H,2H2,1H3. The van der Waals surface area contributed by atoms with Gasteiger partial charge in [-0.3, -0.25) is 0 Å². The third kappa shape index (κ3) is 3.51. The van der Waals surface area contributed by atoms with Gasteiger partial charge < -0.3 is 5.11 Å². The SMILES string of the molecule is CCc1cc(Br)c(O)c(N=Nc2ccc(Cl)c(Cl)c2)c1. The molecule has 0 saturated heterocycles. The summed E-state index contributed by atoms with van der Waals surface area (Å²) < 4.78 is 0.597. The van der Waals surface area contributed by atoms with E-state index in [1.165, 1.54) is 0 Å². The Morgan fingerprint density at radius 2 is 1.85 bits per heavy atom. The van der Waals surface area contributed by atoms with Crippen LogP contribution in [0.3, 0.4) is 0 Å². The zero-order valence-corrected chi connectivity index (χ0v) is 13.7. The van der Waals surface area contributed by atoms with Gasteiger partial charge in [-0.15, -0.1) is 5.11 Å². The normalized spacial score (nSPS) is 11.2. The van der Waals surface area contributed by atoms with Crippen molar-refractivity contribution >= 4 is 50.5 Å². The second kappa shape index (κ2) is 6.57. The first kappa shape index (κ1) is 15.3. The van der Waals surface area contributed by atoms with Crippen molar-refractivity contribution in [2.24, 2.45) is 10.2 Å². The van der Waals surface area contributed by atoms with Crippen molar-refractivity contribution in [2.75, 3.05) is 0 Å². The lowest BCUT2D eigenvalue weighted by Gasteiger charge is -2.04. The molecule has 2 aromatic rings. The van der Waals surface area contributed by atoms with Gasteiger partial charge in [-0.05, 0) is 58.2 Å². The number of benzene rings is 2. The minimum atomic E-state index is 0.0611.